The van der Waals surface area contributed by atoms with E-state index < -0.39 is 0 Å². The van der Waals surface area contributed by atoms with Gasteiger partial charge in [0, 0.05) is 6.20 Å². The minimum Gasteiger partial charge on any atom is -0.317 e. The molecule has 2 heterocycles. The van der Waals surface area contributed by atoms with Gasteiger partial charge in [-0.3, -0.25) is 4.40 Å². The van der Waals surface area contributed by atoms with Crippen LogP contribution < -0.4 is 5.32 Å². The fourth-order valence-corrected chi connectivity index (χ4v) is 3.34. The number of benzene rings is 1. The van der Waals surface area contributed by atoms with Crippen molar-refractivity contribution in [1.29, 1.82) is 0 Å². The van der Waals surface area contributed by atoms with Crippen LogP contribution in [0.5, 0.6) is 0 Å². The molecule has 2 aromatic heterocycles. The fourth-order valence-electron chi connectivity index (χ4n) is 2.22. The highest BCUT2D eigenvalue weighted by molar-refractivity contribution is 7.23. The summed E-state index contributed by atoms with van der Waals surface area (Å²) in [7, 11) is 0. The Bertz CT molecular complexity index is 681. The molecular formula is C14H17N3S. The number of fused-ring (bicyclic) bond motifs is 3. The second-order valence-corrected chi connectivity index (χ2v) is 5.55. The van der Waals surface area contributed by atoms with E-state index in [1.54, 1.807) is 11.3 Å². The van der Waals surface area contributed by atoms with E-state index in [-0.39, 0.29) is 0 Å². The molecule has 94 valence electrons. The Balaban J connectivity index is 1.97. The Morgan fingerprint density at radius 1 is 1.39 bits per heavy atom. The molecule has 0 unspecified atom stereocenters. The van der Waals surface area contributed by atoms with Crippen LogP contribution in [-0.4, -0.2) is 22.5 Å². The second-order valence-electron chi connectivity index (χ2n) is 4.54. The summed E-state index contributed by atoms with van der Waals surface area (Å²) >= 11 is 1.77. The maximum atomic E-state index is 4.52. The Morgan fingerprint density at radius 2 is 2.28 bits per heavy atom. The van der Waals surface area contributed by atoms with Crippen LogP contribution in [0.4, 0.5) is 0 Å². The van der Waals surface area contributed by atoms with E-state index in [2.05, 4.69) is 46.0 Å². The SMILES string of the molecule is CCNCCc1ccc2c(c1)sc1nc(C)cn12. The molecule has 3 aromatic rings. The molecular weight excluding hydrogens is 242 g/mol. The minimum absolute atomic E-state index is 1.04. The van der Waals surface area contributed by atoms with Gasteiger partial charge < -0.3 is 5.32 Å². The van der Waals surface area contributed by atoms with Gasteiger partial charge in [-0.15, -0.1) is 0 Å². The highest BCUT2D eigenvalue weighted by Crippen LogP contribution is 2.27. The second kappa shape index (κ2) is 4.71. The van der Waals surface area contributed by atoms with Gasteiger partial charge >= 0.3 is 0 Å². The lowest BCUT2D eigenvalue weighted by Crippen LogP contribution is -2.15. The summed E-state index contributed by atoms with van der Waals surface area (Å²) in [5, 5.41) is 3.36. The molecule has 0 saturated carbocycles. The summed E-state index contributed by atoms with van der Waals surface area (Å²) in [6.45, 7) is 6.26. The molecule has 3 rings (SSSR count). The predicted molar refractivity (Wildman–Crippen MR) is 77.6 cm³/mol. The van der Waals surface area contributed by atoms with E-state index in [0.717, 1.165) is 30.2 Å². The normalized spacial score (nSPS) is 11.7. The average molecular weight is 259 g/mol. The minimum atomic E-state index is 1.04. The van der Waals surface area contributed by atoms with E-state index in [1.807, 2.05) is 6.92 Å². The van der Waals surface area contributed by atoms with Gasteiger partial charge in [0.15, 0.2) is 4.96 Å². The average Bonchev–Trinajstić information content (AvgIpc) is 2.84. The van der Waals surface area contributed by atoms with Gasteiger partial charge in [-0.05, 0) is 44.1 Å². The van der Waals surface area contributed by atoms with Gasteiger partial charge in [-0.1, -0.05) is 24.3 Å². The zero-order valence-electron chi connectivity index (χ0n) is 10.7. The van der Waals surface area contributed by atoms with Crippen LogP contribution in [0.2, 0.25) is 0 Å². The summed E-state index contributed by atoms with van der Waals surface area (Å²) in [5.74, 6) is 0. The van der Waals surface area contributed by atoms with E-state index in [1.165, 1.54) is 15.8 Å². The van der Waals surface area contributed by atoms with E-state index in [9.17, 15) is 0 Å². The van der Waals surface area contributed by atoms with Gasteiger partial charge in [0.25, 0.3) is 0 Å². The zero-order valence-corrected chi connectivity index (χ0v) is 11.5. The van der Waals surface area contributed by atoms with Crippen molar-refractivity contribution in [2.24, 2.45) is 0 Å². The van der Waals surface area contributed by atoms with Crippen LogP contribution in [0.25, 0.3) is 15.2 Å². The van der Waals surface area contributed by atoms with Crippen LogP contribution in [0.15, 0.2) is 24.4 Å². The Kier molecular flexibility index (Phi) is 3.06. The predicted octanol–water partition coefficient (Wildman–Crippen LogP) is 3.01. The first-order valence-electron chi connectivity index (χ1n) is 6.36. The molecule has 18 heavy (non-hydrogen) atoms. The number of hydrogen-bond acceptors (Lipinski definition) is 3. The van der Waals surface area contributed by atoms with Crippen molar-refractivity contribution in [3.63, 3.8) is 0 Å². The molecule has 1 aromatic carbocycles. The van der Waals surface area contributed by atoms with Crippen molar-refractivity contribution in [2.75, 3.05) is 13.1 Å². The molecule has 0 aliphatic rings. The first-order chi connectivity index (χ1) is 8.78. The molecule has 0 aliphatic carbocycles. The summed E-state index contributed by atoms with van der Waals surface area (Å²) < 4.78 is 3.51. The number of rotatable bonds is 4. The molecule has 3 nitrogen and oxygen atoms in total. The van der Waals surface area contributed by atoms with Crippen LogP contribution in [-0.2, 0) is 6.42 Å². The molecule has 0 fully saturated rings. The van der Waals surface area contributed by atoms with E-state index in [0.29, 0.717) is 0 Å². The number of nitrogens with one attached hydrogen (secondary N) is 1. The highest BCUT2D eigenvalue weighted by Gasteiger charge is 2.07. The Morgan fingerprint density at radius 3 is 3.11 bits per heavy atom. The third kappa shape index (κ3) is 2.02. The first-order valence-corrected chi connectivity index (χ1v) is 7.17. The molecule has 0 bridgehead atoms. The highest BCUT2D eigenvalue weighted by atomic mass is 32.1. The smallest absolute Gasteiger partial charge is 0.194 e. The van der Waals surface area contributed by atoms with Crippen molar-refractivity contribution in [1.82, 2.24) is 14.7 Å². The standard InChI is InChI=1S/C14H17N3S/c1-3-15-7-6-11-4-5-12-13(8-11)18-14-16-10(2)9-17(12)14/h4-5,8-9,15H,3,6-7H2,1-2H3. The van der Waals surface area contributed by atoms with Crippen LogP contribution in [0.1, 0.15) is 18.2 Å². The van der Waals surface area contributed by atoms with Crippen molar-refractivity contribution < 1.29 is 0 Å². The topological polar surface area (TPSA) is 29.3 Å². The quantitative estimate of drug-likeness (QED) is 0.730. The number of nitrogens with zero attached hydrogens (tertiary/aromatic N) is 2. The number of thiazole rings is 1. The summed E-state index contributed by atoms with van der Waals surface area (Å²) in [6, 6.07) is 6.73. The van der Waals surface area contributed by atoms with Crippen molar-refractivity contribution >= 4 is 26.5 Å². The lowest BCUT2D eigenvalue weighted by molar-refractivity contribution is 0.717. The number of imidazole rings is 1. The summed E-state index contributed by atoms with van der Waals surface area (Å²) in [6.07, 6.45) is 3.19. The number of aryl methyl sites for hydroxylation is 1. The van der Waals surface area contributed by atoms with Crippen molar-refractivity contribution in [3.05, 3.63) is 35.7 Å². The number of likely N-dealkylation sites (N-methyl/N-ethyl adjacent to an activating group) is 1. The van der Waals surface area contributed by atoms with Crippen LogP contribution >= 0.6 is 11.3 Å². The van der Waals surface area contributed by atoms with Gasteiger partial charge in [0.1, 0.15) is 0 Å². The third-order valence-electron chi connectivity index (χ3n) is 3.12. The maximum absolute atomic E-state index is 4.52. The Labute approximate surface area is 110 Å². The lowest BCUT2D eigenvalue weighted by atomic mass is 10.1. The van der Waals surface area contributed by atoms with Gasteiger partial charge in [0.05, 0.1) is 15.9 Å². The molecule has 0 spiro atoms. The van der Waals surface area contributed by atoms with Crippen LogP contribution in [0, 0.1) is 6.92 Å². The van der Waals surface area contributed by atoms with Gasteiger partial charge in [-0.25, -0.2) is 4.98 Å². The van der Waals surface area contributed by atoms with Gasteiger partial charge in [-0.2, -0.15) is 0 Å². The van der Waals surface area contributed by atoms with E-state index >= 15 is 0 Å². The third-order valence-corrected chi connectivity index (χ3v) is 4.14. The molecule has 1 N–H and O–H groups in total. The zero-order chi connectivity index (χ0) is 12.5. The number of hydrogen-bond donors (Lipinski definition) is 1. The molecule has 0 amide bonds. The van der Waals surface area contributed by atoms with Gasteiger partial charge in [0.2, 0.25) is 0 Å². The van der Waals surface area contributed by atoms with E-state index in [4.69, 9.17) is 0 Å². The first kappa shape index (κ1) is 11.7. The molecule has 0 saturated heterocycles. The van der Waals surface area contributed by atoms with Crippen LogP contribution in [0.3, 0.4) is 0 Å². The van der Waals surface area contributed by atoms with Crippen molar-refractivity contribution in [3.8, 4) is 0 Å². The monoisotopic (exact) mass is 259 g/mol. The summed E-state index contributed by atoms with van der Waals surface area (Å²) in [4.78, 5) is 5.61. The molecule has 0 atom stereocenters. The number of aromatic nitrogens is 2. The van der Waals surface area contributed by atoms with Crippen molar-refractivity contribution in [2.45, 2.75) is 20.3 Å². The largest absolute Gasteiger partial charge is 0.317 e. The molecule has 0 radical (unpaired) electrons. The fraction of sp³-hybridized carbons (Fsp3) is 0.357. The Hall–Kier alpha value is -1.39. The lowest BCUT2D eigenvalue weighted by Gasteiger charge is -2.02. The summed E-state index contributed by atoms with van der Waals surface area (Å²) in [5.41, 5.74) is 3.74. The molecule has 0 aliphatic heterocycles. The molecule has 4 heteroatoms. The maximum Gasteiger partial charge on any atom is 0.194 e.